The Balaban J connectivity index is 1.89. The summed E-state index contributed by atoms with van der Waals surface area (Å²) in [5, 5.41) is 4.53. The number of thiophene rings is 1. The molecular formula is C16H15NO3S. The summed E-state index contributed by atoms with van der Waals surface area (Å²) in [5.41, 5.74) is 1.11. The molecule has 108 valence electrons. The predicted octanol–water partition coefficient (Wildman–Crippen LogP) is 3.55. The molecule has 21 heavy (non-hydrogen) atoms. The molecule has 0 radical (unpaired) electrons. The lowest BCUT2D eigenvalue weighted by molar-refractivity contribution is -0.116. The van der Waals surface area contributed by atoms with E-state index in [2.05, 4.69) is 5.32 Å². The van der Waals surface area contributed by atoms with Crippen LogP contribution in [0, 0.1) is 0 Å². The Hall–Kier alpha value is -2.27. The Labute approximate surface area is 126 Å². The summed E-state index contributed by atoms with van der Waals surface area (Å²) >= 11 is 1.37. The van der Waals surface area contributed by atoms with Gasteiger partial charge in [0.2, 0.25) is 5.91 Å². The molecule has 0 spiro atoms. The number of amides is 1. The van der Waals surface area contributed by atoms with Crippen molar-refractivity contribution in [3.63, 3.8) is 0 Å². The summed E-state index contributed by atoms with van der Waals surface area (Å²) in [6, 6.07) is 10.3. The van der Waals surface area contributed by atoms with Gasteiger partial charge in [0.05, 0.1) is 4.88 Å². The molecule has 1 aromatic heterocycles. The Bertz CT molecular complexity index is 662. The molecule has 1 amide bonds. The third kappa shape index (κ3) is 4.36. The fraction of sp³-hybridized carbons (Fsp3) is 0.188. The van der Waals surface area contributed by atoms with Crippen LogP contribution in [0.2, 0.25) is 0 Å². The van der Waals surface area contributed by atoms with E-state index in [1.165, 1.54) is 18.3 Å². The molecule has 0 aliphatic rings. The van der Waals surface area contributed by atoms with Gasteiger partial charge in [-0.15, -0.1) is 11.3 Å². The quantitative estimate of drug-likeness (QED) is 0.830. The highest BCUT2D eigenvalue weighted by atomic mass is 32.1. The average Bonchev–Trinajstić information content (AvgIpc) is 2.99. The van der Waals surface area contributed by atoms with Crippen LogP contribution < -0.4 is 5.32 Å². The van der Waals surface area contributed by atoms with Crippen molar-refractivity contribution in [3.8, 4) is 0 Å². The molecule has 1 N–H and O–H groups in total. The number of hydrogen-bond acceptors (Lipinski definition) is 4. The van der Waals surface area contributed by atoms with Crippen LogP contribution in [-0.2, 0) is 4.79 Å². The lowest BCUT2D eigenvalue weighted by Crippen LogP contribution is -2.13. The summed E-state index contributed by atoms with van der Waals surface area (Å²) in [7, 11) is 0. The van der Waals surface area contributed by atoms with E-state index < -0.39 is 0 Å². The van der Waals surface area contributed by atoms with E-state index in [0.717, 1.165) is 0 Å². The van der Waals surface area contributed by atoms with Gasteiger partial charge in [0.15, 0.2) is 11.6 Å². The fourth-order valence-corrected chi connectivity index (χ4v) is 2.52. The largest absolute Gasteiger partial charge is 0.326 e. The van der Waals surface area contributed by atoms with Crippen LogP contribution in [0.15, 0.2) is 41.8 Å². The van der Waals surface area contributed by atoms with Gasteiger partial charge in [0, 0.05) is 24.1 Å². The van der Waals surface area contributed by atoms with Gasteiger partial charge < -0.3 is 5.32 Å². The number of Topliss-reactive ketones (excluding diaryl/α,β-unsaturated/α-hetero) is 2. The number of carbonyl (C=O) groups excluding carboxylic acids is 3. The molecule has 0 atom stereocenters. The SMILES string of the molecule is CC(=O)c1cccc(NC(=O)CCC(=O)c2cccs2)c1. The topological polar surface area (TPSA) is 63.2 Å². The monoisotopic (exact) mass is 301 g/mol. The van der Waals surface area contributed by atoms with E-state index in [9.17, 15) is 14.4 Å². The molecule has 2 aromatic rings. The van der Waals surface area contributed by atoms with Crippen LogP contribution >= 0.6 is 11.3 Å². The van der Waals surface area contributed by atoms with Gasteiger partial charge in [-0.05, 0) is 30.5 Å². The summed E-state index contributed by atoms with van der Waals surface area (Å²) in [6.07, 6.45) is 0.305. The summed E-state index contributed by atoms with van der Waals surface area (Å²) < 4.78 is 0. The number of carbonyl (C=O) groups is 3. The highest BCUT2D eigenvalue weighted by Gasteiger charge is 2.10. The Kier molecular flexibility index (Phi) is 5.00. The molecule has 1 heterocycles. The smallest absolute Gasteiger partial charge is 0.224 e. The van der Waals surface area contributed by atoms with Crippen LogP contribution in [-0.4, -0.2) is 17.5 Å². The molecule has 2 rings (SSSR count). The number of nitrogens with one attached hydrogen (secondary N) is 1. The molecule has 1 aromatic carbocycles. The van der Waals surface area contributed by atoms with Gasteiger partial charge in [0.25, 0.3) is 0 Å². The maximum atomic E-state index is 11.8. The van der Waals surface area contributed by atoms with Gasteiger partial charge >= 0.3 is 0 Å². The first-order valence-electron chi connectivity index (χ1n) is 6.54. The molecule has 0 saturated carbocycles. The minimum absolute atomic E-state index is 0.0300. The van der Waals surface area contributed by atoms with Crippen LogP contribution in [0.4, 0.5) is 5.69 Å². The Morgan fingerprint density at radius 3 is 2.57 bits per heavy atom. The second-order valence-electron chi connectivity index (χ2n) is 4.59. The first-order chi connectivity index (χ1) is 10.1. The number of hydrogen-bond donors (Lipinski definition) is 1. The van der Waals surface area contributed by atoms with E-state index in [4.69, 9.17) is 0 Å². The van der Waals surface area contributed by atoms with Crippen molar-refractivity contribution in [3.05, 3.63) is 52.2 Å². The van der Waals surface area contributed by atoms with Crippen molar-refractivity contribution in [1.82, 2.24) is 0 Å². The van der Waals surface area contributed by atoms with Gasteiger partial charge in [0.1, 0.15) is 0 Å². The number of benzene rings is 1. The molecule has 0 aliphatic heterocycles. The number of anilines is 1. The van der Waals surface area contributed by atoms with Crippen molar-refractivity contribution in [1.29, 1.82) is 0 Å². The van der Waals surface area contributed by atoms with E-state index in [1.807, 2.05) is 11.4 Å². The lowest BCUT2D eigenvalue weighted by Gasteiger charge is -2.06. The van der Waals surface area contributed by atoms with Crippen molar-refractivity contribution < 1.29 is 14.4 Å². The number of ketones is 2. The van der Waals surface area contributed by atoms with Crippen molar-refractivity contribution in [2.45, 2.75) is 19.8 Å². The van der Waals surface area contributed by atoms with E-state index in [1.54, 1.807) is 30.3 Å². The summed E-state index contributed by atoms with van der Waals surface area (Å²) in [4.78, 5) is 35.6. The van der Waals surface area contributed by atoms with Crippen LogP contribution in [0.1, 0.15) is 39.8 Å². The van der Waals surface area contributed by atoms with Crippen molar-refractivity contribution in [2.24, 2.45) is 0 Å². The number of rotatable bonds is 6. The standard InChI is InChI=1S/C16H15NO3S/c1-11(18)12-4-2-5-13(10-12)17-16(20)8-7-14(19)15-6-3-9-21-15/h2-6,9-10H,7-8H2,1H3,(H,17,20). The van der Waals surface area contributed by atoms with Crippen molar-refractivity contribution >= 4 is 34.5 Å². The zero-order valence-corrected chi connectivity index (χ0v) is 12.4. The maximum absolute atomic E-state index is 11.8. The summed E-state index contributed by atoms with van der Waals surface area (Å²) in [5.74, 6) is -0.322. The van der Waals surface area contributed by atoms with Gasteiger partial charge in [-0.2, -0.15) is 0 Å². The first-order valence-corrected chi connectivity index (χ1v) is 7.42. The van der Waals surface area contributed by atoms with Gasteiger partial charge in [-0.3, -0.25) is 14.4 Å². The predicted molar refractivity (Wildman–Crippen MR) is 83.0 cm³/mol. The Morgan fingerprint density at radius 2 is 1.90 bits per heavy atom. The normalized spacial score (nSPS) is 10.1. The van der Waals surface area contributed by atoms with E-state index in [-0.39, 0.29) is 30.3 Å². The molecular weight excluding hydrogens is 286 g/mol. The first kappa shape index (κ1) is 15.1. The second kappa shape index (κ2) is 6.95. The Morgan fingerprint density at radius 1 is 1.10 bits per heavy atom. The lowest BCUT2D eigenvalue weighted by atomic mass is 10.1. The fourth-order valence-electron chi connectivity index (χ4n) is 1.83. The highest BCUT2D eigenvalue weighted by Crippen LogP contribution is 2.14. The molecule has 0 aliphatic carbocycles. The van der Waals surface area contributed by atoms with Gasteiger partial charge in [-0.25, -0.2) is 0 Å². The van der Waals surface area contributed by atoms with Crippen molar-refractivity contribution in [2.75, 3.05) is 5.32 Å². The third-order valence-corrected chi connectivity index (χ3v) is 3.84. The minimum Gasteiger partial charge on any atom is -0.326 e. The molecule has 0 saturated heterocycles. The average molecular weight is 301 g/mol. The van der Waals surface area contributed by atoms with E-state index >= 15 is 0 Å². The third-order valence-electron chi connectivity index (χ3n) is 2.93. The zero-order valence-electron chi connectivity index (χ0n) is 11.6. The molecule has 0 bridgehead atoms. The second-order valence-corrected chi connectivity index (χ2v) is 5.53. The molecule has 0 fully saturated rings. The zero-order chi connectivity index (χ0) is 15.2. The van der Waals surface area contributed by atoms with E-state index in [0.29, 0.717) is 16.1 Å². The molecule has 4 nitrogen and oxygen atoms in total. The molecule has 0 unspecified atom stereocenters. The minimum atomic E-state index is -0.236. The van der Waals surface area contributed by atoms with Crippen LogP contribution in [0.25, 0.3) is 0 Å². The van der Waals surface area contributed by atoms with Crippen LogP contribution in [0.3, 0.4) is 0 Å². The van der Waals surface area contributed by atoms with Crippen LogP contribution in [0.5, 0.6) is 0 Å². The molecule has 5 heteroatoms. The maximum Gasteiger partial charge on any atom is 0.224 e. The summed E-state index contributed by atoms with van der Waals surface area (Å²) in [6.45, 7) is 1.47. The van der Waals surface area contributed by atoms with Gasteiger partial charge in [-0.1, -0.05) is 18.2 Å². The highest BCUT2D eigenvalue weighted by molar-refractivity contribution is 7.12.